The molecule has 1 aromatic heterocycles. The number of thiazole rings is 1. The first-order valence-electron chi connectivity index (χ1n) is 5.99. The lowest BCUT2D eigenvalue weighted by Crippen LogP contribution is -2.01. The van der Waals surface area contributed by atoms with E-state index in [2.05, 4.69) is 11.9 Å². The minimum absolute atomic E-state index is 0.148. The summed E-state index contributed by atoms with van der Waals surface area (Å²) in [6, 6.07) is 7.86. The number of ether oxygens (including phenoxy) is 1. The number of hydrogen-bond acceptors (Lipinski definition) is 4. The number of aliphatic hydroxyl groups is 1. The Hall–Kier alpha value is -1.39. The Morgan fingerprint density at radius 2 is 2.28 bits per heavy atom. The number of benzene rings is 1. The highest BCUT2D eigenvalue weighted by atomic mass is 32.1. The minimum Gasteiger partial charge on any atom is -0.497 e. The first-order valence-corrected chi connectivity index (χ1v) is 6.87. The molecule has 96 valence electrons. The maximum Gasteiger partial charge on any atom is 0.119 e. The van der Waals surface area contributed by atoms with E-state index in [4.69, 9.17) is 4.74 Å². The van der Waals surface area contributed by atoms with E-state index in [1.807, 2.05) is 29.6 Å². The van der Waals surface area contributed by atoms with Crippen LogP contribution in [0.15, 0.2) is 29.6 Å². The highest BCUT2D eigenvalue weighted by Gasteiger charge is 2.13. The van der Waals surface area contributed by atoms with Crippen molar-refractivity contribution in [1.82, 2.24) is 4.98 Å². The van der Waals surface area contributed by atoms with Crippen LogP contribution in [0, 0.1) is 0 Å². The number of hydrogen-bond donors (Lipinski definition) is 1. The van der Waals surface area contributed by atoms with Crippen molar-refractivity contribution in [1.29, 1.82) is 0 Å². The van der Waals surface area contributed by atoms with Gasteiger partial charge in [0.15, 0.2) is 0 Å². The molecule has 18 heavy (non-hydrogen) atoms. The molecule has 4 heteroatoms. The average Bonchev–Trinajstić information content (AvgIpc) is 2.90. The molecule has 2 rings (SSSR count). The molecular formula is C14H17NO2S. The molecule has 0 saturated heterocycles. The molecule has 0 fully saturated rings. The maximum atomic E-state index is 9.29. The second kappa shape index (κ2) is 5.98. The van der Waals surface area contributed by atoms with Gasteiger partial charge in [-0.3, -0.25) is 0 Å². The molecule has 0 aliphatic carbocycles. The van der Waals surface area contributed by atoms with Crippen LogP contribution in [0.2, 0.25) is 0 Å². The molecule has 0 aliphatic rings. The quantitative estimate of drug-likeness (QED) is 0.900. The van der Waals surface area contributed by atoms with Gasteiger partial charge >= 0.3 is 0 Å². The van der Waals surface area contributed by atoms with E-state index in [9.17, 15) is 5.11 Å². The Morgan fingerprint density at radius 3 is 2.94 bits per heavy atom. The van der Waals surface area contributed by atoms with Crippen LogP contribution in [0.3, 0.4) is 0 Å². The van der Waals surface area contributed by atoms with Gasteiger partial charge in [0.1, 0.15) is 5.75 Å². The smallest absolute Gasteiger partial charge is 0.119 e. The average molecular weight is 263 g/mol. The minimum atomic E-state index is 0.148. The van der Waals surface area contributed by atoms with Gasteiger partial charge in [0.25, 0.3) is 0 Å². The number of nitrogens with zero attached hydrogens (tertiary/aromatic N) is 1. The van der Waals surface area contributed by atoms with Gasteiger partial charge in [0, 0.05) is 16.9 Å². The predicted octanol–water partition coefficient (Wildman–Crippen LogP) is 3.30. The monoisotopic (exact) mass is 263 g/mol. The van der Waals surface area contributed by atoms with Crippen molar-refractivity contribution in [3.63, 3.8) is 0 Å². The number of aromatic nitrogens is 1. The summed E-state index contributed by atoms with van der Waals surface area (Å²) in [5.74, 6) is 0.977. The molecule has 0 saturated carbocycles. The van der Waals surface area contributed by atoms with E-state index in [0.717, 1.165) is 28.4 Å². The van der Waals surface area contributed by atoms with Crippen LogP contribution in [0.4, 0.5) is 0 Å². The van der Waals surface area contributed by atoms with Crippen LogP contribution >= 0.6 is 11.3 Å². The fraction of sp³-hybridized carbons (Fsp3) is 0.357. The molecule has 1 unspecified atom stereocenters. The van der Waals surface area contributed by atoms with Crippen LogP contribution in [0.1, 0.15) is 24.3 Å². The first kappa shape index (κ1) is 13.1. The zero-order valence-electron chi connectivity index (χ0n) is 10.6. The van der Waals surface area contributed by atoms with Gasteiger partial charge in [-0.05, 0) is 18.6 Å². The summed E-state index contributed by atoms with van der Waals surface area (Å²) in [6.45, 7) is 2.22. The molecule has 0 aliphatic heterocycles. The highest BCUT2D eigenvalue weighted by molar-refractivity contribution is 7.10. The molecular weight excluding hydrogens is 246 g/mol. The summed E-state index contributed by atoms with van der Waals surface area (Å²) in [4.78, 5) is 4.60. The molecule has 1 N–H and O–H groups in total. The first-order chi connectivity index (χ1) is 8.78. The third-order valence-corrected chi connectivity index (χ3v) is 3.96. The highest BCUT2D eigenvalue weighted by Crippen LogP contribution is 2.29. The zero-order chi connectivity index (χ0) is 13.0. The summed E-state index contributed by atoms with van der Waals surface area (Å²) >= 11 is 1.60. The molecule has 3 nitrogen and oxygen atoms in total. The lowest BCUT2D eigenvalue weighted by atomic mass is 10.1. The largest absolute Gasteiger partial charge is 0.497 e. The Labute approximate surface area is 111 Å². The van der Waals surface area contributed by atoms with Crippen LogP contribution < -0.4 is 4.74 Å². The molecule has 0 bridgehead atoms. The fourth-order valence-electron chi connectivity index (χ4n) is 1.77. The summed E-state index contributed by atoms with van der Waals surface area (Å²) in [7, 11) is 1.66. The molecule has 0 amide bonds. The maximum absolute atomic E-state index is 9.29. The number of methoxy groups -OCH3 is 1. The Bertz CT molecular complexity index is 506. The Balaban J connectivity index is 2.28. The van der Waals surface area contributed by atoms with Crippen molar-refractivity contribution < 1.29 is 9.84 Å². The van der Waals surface area contributed by atoms with Crippen molar-refractivity contribution in [2.75, 3.05) is 13.7 Å². The van der Waals surface area contributed by atoms with E-state index < -0.39 is 0 Å². The molecule has 1 aromatic carbocycles. The third-order valence-electron chi connectivity index (χ3n) is 2.95. The standard InChI is InChI=1S/C14H17NO2S/c1-3-10(8-16)14-15-13(9-18-14)11-5-4-6-12(7-11)17-2/h4-7,9-10,16H,3,8H2,1-2H3. The van der Waals surface area contributed by atoms with Crippen LogP contribution in [-0.2, 0) is 0 Å². The van der Waals surface area contributed by atoms with Crippen molar-refractivity contribution in [3.05, 3.63) is 34.7 Å². The SMILES string of the molecule is CCC(CO)c1nc(-c2cccc(OC)c2)cs1. The molecule has 1 atom stereocenters. The Morgan fingerprint density at radius 1 is 1.44 bits per heavy atom. The van der Waals surface area contributed by atoms with Gasteiger partial charge in [0.2, 0.25) is 0 Å². The van der Waals surface area contributed by atoms with Gasteiger partial charge in [-0.15, -0.1) is 11.3 Å². The van der Waals surface area contributed by atoms with Crippen LogP contribution in [0.5, 0.6) is 5.75 Å². The van der Waals surface area contributed by atoms with E-state index in [1.165, 1.54) is 0 Å². The lowest BCUT2D eigenvalue weighted by Gasteiger charge is -2.06. The van der Waals surface area contributed by atoms with Crippen LogP contribution in [0.25, 0.3) is 11.3 Å². The normalized spacial score (nSPS) is 12.4. The number of aliphatic hydroxyl groups excluding tert-OH is 1. The predicted molar refractivity (Wildman–Crippen MR) is 74.2 cm³/mol. The lowest BCUT2D eigenvalue weighted by molar-refractivity contribution is 0.262. The van der Waals surface area contributed by atoms with E-state index in [0.29, 0.717) is 0 Å². The second-order valence-electron chi connectivity index (χ2n) is 4.09. The number of rotatable bonds is 5. The van der Waals surface area contributed by atoms with Gasteiger partial charge in [0.05, 0.1) is 24.4 Å². The molecule has 1 heterocycles. The fourth-order valence-corrected chi connectivity index (χ4v) is 2.78. The van der Waals surface area contributed by atoms with Crippen molar-refractivity contribution in [2.45, 2.75) is 19.3 Å². The van der Waals surface area contributed by atoms with Gasteiger partial charge in [-0.25, -0.2) is 4.98 Å². The van der Waals surface area contributed by atoms with Gasteiger partial charge in [-0.1, -0.05) is 19.1 Å². The Kier molecular flexibility index (Phi) is 4.33. The van der Waals surface area contributed by atoms with E-state index in [1.54, 1.807) is 18.4 Å². The van der Waals surface area contributed by atoms with Crippen molar-refractivity contribution >= 4 is 11.3 Å². The van der Waals surface area contributed by atoms with E-state index >= 15 is 0 Å². The van der Waals surface area contributed by atoms with Gasteiger partial charge in [-0.2, -0.15) is 0 Å². The topological polar surface area (TPSA) is 42.4 Å². The van der Waals surface area contributed by atoms with Gasteiger partial charge < -0.3 is 9.84 Å². The van der Waals surface area contributed by atoms with E-state index in [-0.39, 0.29) is 12.5 Å². The summed E-state index contributed by atoms with van der Waals surface area (Å²) in [6.07, 6.45) is 0.904. The summed E-state index contributed by atoms with van der Waals surface area (Å²) in [5, 5.41) is 12.3. The summed E-state index contributed by atoms with van der Waals surface area (Å²) in [5.41, 5.74) is 1.99. The molecule has 0 spiro atoms. The zero-order valence-corrected chi connectivity index (χ0v) is 11.4. The molecule has 2 aromatic rings. The summed E-state index contributed by atoms with van der Waals surface area (Å²) < 4.78 is 5.21. The van der Waals surface area contributed by atoms with Crippen molar-refractivity contribution in [3.8, 4) is 17.0 Å². The van der Waals surface area contributed by atoms with Crippen LogP contribution in [-0.4, -0.2) is 23.8 Å². The third kappa shape index (κ3) is 2.71. The van der Waals surface area contributed by atoms with Crippen molar-refractivity contribution in [2.24, 2.45) is 0 Å². The molecule has 0 radical (unpaired) electrons. The second-order valence-corrected chi connectivity index (χ2v) is 4.98.